The Labute approximate surface area is 111 Å². The van der Waals surface area contributed by atoms with Crippen molar-refractivity contribution in [1.29, 1.82) is 0 Å². The molecule has 0 saturated carbocycles. The first kappa shape index (κ1) is 13.5. The SMILES string of the molecule is O=C(O)CSc1cc(C(F)F)nn1-c1ccccn1. The standard InChI is InChI=1S/C11H9F2N3O2S/c12-11(13)7-5-9(19-6-10(17)18)16(15-7)8-3-1-2-4-14-8/h1-5,11H,6H2,(H,17,18). The van der Waals surface area contributed by atoms with Crippen molar-refractivity contribution < 1.29 is 18.7 Å². The number of aromatic nitrogens is 3. The summed E-state index contributed by atoms with van der Waals surface area (Å²) in [5.74, 6) is -0.902. The molecule has 2 aromatic heterocycles. The number of carboxylic acids is 1. The Bertz CT molecular complexity index is 575. The fourth-order valence-electron chi connectivity index (χ4n) is 1.37. The molecule has 8 heteroatoms. The van der Waals surface area contributed by atoms with Crippen LogP contribution in [0.15, 0.2) is 35.5 Å². The molecule has 1 N–H and O–H groups in total. The van der Waals surface area contributed by atoms with Gasteiger partial charge in [-0.25, -0.2) is 18.4 Å². The van der Waals surface area contributed by atoms with E-state index in [0.717, 1.165) is 11.8 Å². The zero-order chi connectivity index (χ0) is 13.8. The smallest absolute Gasteiger partial charge is 0.313 e. The Morgan fingerprint density at radius 3 is 2.84 bits per heavy atom. The van der Waals surface area contributed by atoms with Crippen LogP contribution in [-0.4, -0.2) is 31.6 Å². The van der Waals surface area contributed by atoms with Crippen LogP contribution < -0.4 is 0 Å². The average molecular weight is 285 g/mol. The van der Waals surface area contributed by atoms with Crippen LogP contribution in [0.4, 0.5) is 8.78 Å². The number of aliphatic carboxylic acids is 1. The highest BCUT2D eigenvalue weighted by atomic mass is 32.2. The third-order valence-corrected chi connectivity index (χ3v) is 3.11. The Hall–Kier alpha value is -1.96. The van der Waals surface area contributed by atoms with E-state index in [2.05, 4.69) is 10.1 Å². The van der Waals surface area contributed by atoms with Crippen LogP contribution in [0, 0.1) is 0 Å². The van der Waals surface area contributed by atoms with E-state index in [1.165, 1.54) is 16.9 Å². The van der Waals surface area contributed by atoms with Crippen molar-refractivity contribution in [2.24, 2.45) is 0 Å². The number of carbonyl (C=O) groups is 1. The van der Waals surface area contributed by atoms with Gasteiger partial charge in [0.25, 0.3) is 6.43 Å². The maximum Gasteiger partial charge on any atom is 0.313 e. The molecule has 2 aromatic rings. The molecule has 2 heterocycles. The first-order valence-electron chi connectivity index (χ1n) is 5.22. The van der Waals surface area contributed by atoms with Crippen molar-refractivity contribution >= 4 is 17.7 Å². The fourth-order valence-corrected chi connectivity index (χ4v) is 2.10. The summed E-state index contributed by atoms with van der Waals surface area (Å²) in [5, 5.41) is 12.7. The third kappa shape index (κ3) is 3.28. The second-order valence-corrected chi connectivity index (χ2v) is 4.49. The first-order chi connectivity index (χ1) is 9.08. The van der Waals surface area contributed by atoms with Gasteiger partial charge >= 0.3 is 5.97 Å². The molecule has 100 valence electrons. The number of halogens is 2. The summed E-state index contributed by atoms with van der Waals surface area (Å²) < 4.78 is 26.5. The predicted octanol–water partition coefficient (Wildman–Crippen LogP) is 2.38. The van der Waals surface area contributed by atoms with Crippen LogP contribution in [0.1, 0.15) is 12.1 Å². The molecule has 0 atom stereocenters. The highest BCUT2D eigenvalue weighted by molar-refractivity contribution is 7.99. The average Bonchev–Trinajstić information content (AvgIpc) is 2.81. The van der Waals surface area contributed by atoms with Gasteiger partial charge in [0, 0.05) is 6.20 Å². The van der Waals surface area contributed by atoms with E-state index in [9.17, 15) is 13.6 Å². The summed E-state index contributed by atoms with van der Waals surface area (Å²) in [4.78, 5) is 14.6. The molecule has 0 amide bonds. The van der Waals surface area contributed by atoms with Gasteiger partial charge in [0.15, 0.2) is 5.82 Å². The van der Waals surface area contributed by atoms with Gasteiger partial charge in [0.05, 0.1) is 5.75 Å². The first-order valence-corrected chi connectivity index (χ1v) is 6.20. The summed E-state index contributed by atoms with van der Waals surface area (Å²) in [5.41, 5.74) is -0.404. The Morgan fingerprint density at radius 2 is 2.26 bits per heavy atom. The van der Waals surface area contributed by atoms with Crippen molar-refractivity contribution in [2.45, 2.75) is 11.5 Å². The summed E-state index contributed by atoms with van der Waals surface area (Å²) >= 11 is 0.916. The van der Waals surface area contributed by atoms with Crippen molar-refractivity contribution in [3.63, 3.8) is 0 Å². The van der Waals surface area contributed by atoms with Crippen molar-refractivity contribution in [3.05, 3.63) is 36.2 Å². The zero-order valence-electron chi connectivity index (χ0n) is 9.53. The van der Waals surface area contributed by atoms with Crippen LogP contribution in [0.5, 0.6) is 0 Å². The number of hydrogen-bond donors (Lipinski definition) is 1. The second kappa shape index (κ2) is 5.79. The third-order valence-electron chi connectivity index (χ3n) is 2.13. The molecule has 0 radical (unpaired) electrons. The van der Waals surface area contributed by atoms with Crippen molar-refractivity contribution in [3.8, 4) is 5.82 Å². The number of rotatable bonds is 5. The minimum atomic E-state index is -2.71. The van der Waals surface area contributed by atoms with E-state index >= 15 is 0 Å². The number of hydrogen-bond acceptors (Lipinski definition) is 4. The summed E-state index contributed by atoms with van der Waals surface area (Å²) in [7, 11) is 0. The van der Waals surface area contributed by atoms with E-state index < -0.39 is 18.1 Å². The summed E-state index contributed by atoms with van der Waals surface area (Å²) in [6, 6.07) is 6.16. The van der Waals surface area contributed by atoms with Crippen molar-refractivity contribution in [2.75, 3.05) is 5.75 Å². The number of thioether (sulfide) groups is 1. The minimum absolute atomic E-state index is 0.235. The lowest BCUT2D eigenvalue weighted by Gasteiger charge is -2.04. The van der Waals surface area contributed by atoms with Gasteiger partial charge in [-0.3, -0.25) is 4.79 Å². The van der Waals surface area contributed by atoms with Crippen LogP contribution in [0.25, 0.3) is 5.82 Å². The van der Waals surface area contributed by atoms with E-state index in [1.54, 1.807) is 18.2 Å². The fraction of sp³-hybridized carbons (Fsp3) is 0.182. The molecule has 0 aliphatic heterocycles. The second-order valence-electron chi connectivity index (χ2n) is 3.49. The minimum Gasteiger partial charge on any atom is -0.481 e. The highest BCUT2D eigenvalue weighted by Crippen LogP contribution is 2.26. The number of alkyl halides is 2. The molecule has 2 rings (SSSR count). The molecule has 0 unspecified atom stereocenters. The van der Waals surface area contributed by atoms with Gasteiger partial charge in [-0.1, -0.05) is 17.8 Å². The maximum atomic E-state index is 12.7. The monoisotopic (exact) mass is 285 g/mol. The Kier molecular flexibility index (Phi) is 4.10. The quantitative estimate of drug-likeness (QED) is 0.854. The van der Waals surface area contributed by atoms with Crippen LogP contribution >= 0.6 is 11.8 Å². The molecule has 19 heavy (non-hydrogen) atoms. The van der Waals surface area contributed by atoms with E-state index in [4.69, 9.17) is 5.11 Å². The Balaban J connectivity index is 2.37. The molecular weight excluding hydrogens is 276 g/mol. The topological polar surface area (TPSA) is 68.0 Å². The number of pyridine rings is 1. The molecule has 0 saturated heterocycles. The highest BCUT2D eigenvalue weighted by Gasteiger charge is 2.17. The largest absolute Gasteiger partial charge is 0.481 e. The zero-order valence-corrected chi connectivity index (χ0v) is 10.3. The van der Waals surface area contributed by atoms with Crippen LogP contribution in [0.3, 0.4) is 0 Å². The molecule has 5 nitrogen and oxygen atoms in total. The van der Waals surface area contributed by atoms with E-state index in [1.807, 2.05) is 0 Å². The molecule has 0 bridgehead atoms. The lowest BCUT2D eigenvalue weighted by Crippen LogP contribution is -2.03. The molecule has 0 aliphatic rings. The summed E-state index contributed by atoms with van der Waals surface area (Å²) in [6.45, 7) is 0. The van der Waals surface area contributed by atoms with Gasteiger partial charge in [-0.15, -0.1) is 0 Å². The molecule has 0 fully saturated rings. The molecule has 0 spiro atoms. The van der Waals surface area contributed by atoms with Crippen molar-refractivity contribution in [1.82, 2.24) is 14.8 Å². The van der Waals surface area contributed by atoms with Crippen LogP contribution in [-0.2, 0) is 4.79 Å². The van der Waals surface area contributed by atoms with E-state index in [0.29, 0.717) is 10.8 Å². The maximum absolute atomic E-state index is 12.7. The molecule has 0 aromatic carbocycles. The van der Waals surface area contributed by atoms with Gasteiger partial charge in [0.1, 0.15) is 10.7 Å². The number of carboxylic acid groups (broad SMARTS) is 1. The molecular formula is C11H9F2N3O2S. The van der Waals surface area contributed by atoms with E-state index in [-0.39, 0.29) is 5.75 Å². The predicted molar refractivity (Wildman–Crippen MR) is 64.7 cm³/mol. The normalized spacial score (nSPS) is 10.9. The molecule has 0 aliphatic carbocycles. The Morgan fingerprint density at radius 1 is 1.47 bits per heavy atom. The number of nitrogens with zero attached hydrogens (tertiary/aromatic N) is 3. The van der Waals surface area contributed by atoms with Gasteiger partial charge in [0.2, 0.25) is 0 Å². The lowest BCUT2D eigenvalue weighted by atomic mass is 10.4. The van der Waals surface area contributed by atoms with Gasteiger partial charge < -0.3 is 5.11 Å². The van der Waals surface area contributed by atoms with Crippen LogP contribution in [0.2, 0.25) is 0 Å². The van der Waals surface area contributed by atoms with Gasteiger partial charge in [-0.05, 0) is 18.2 Å². The lowest BCUT2D eigenvalue weighted by molar-refractivity contribution is -0.133. The van der Waals surface area contributed by atoms with Gasteiger partial charge in [-0.2, -0.15) is 5.10 Å². The summed E-state index contributed by atoms with van der Waals surface area (Å²) in [6.07, 6.45) is -1.21.